The Hall–Kier alpha value is -2.75. The number of sulfonamides is 1. The summed E-state index contributed by atoms with van der Waals surface area (Å²) in [5.74, 6) is -0.772. The minimum Gasteiger partial charge on any atom is -0.406 e. The van der Waals surface area contributed by atoms with Crippen LogP contribution in [-0.4, -0.2) is 20.7 Å². The van der Waals surface area contributed by atoms with Gasteiger partial charge in [0, 0.05) is 11.1 Å². The number of carbonyl (C=O) groups is 1. The maximum Gasteiger partial charge on any atom is 0.573 e. The van der Waals surface area contributed by atoms with Crippen molar-refractivity contribution in [2.45, 2.75) is 32.0 Å². The molecule has 0 bridgehead atoms. The number of hydrogen-bond donors (Lipinski definition) is 2. The molecule has 0 aliphatic rings. The minimum atomic E-state index is -4.86. The molecule has 0 aromatic heterocycles. The van der Waals surface area contributed by atoms with Crippen molar-refractivity contribution >= 4 is 27.3 Å². The van der Waals surface area contributed by atoms with Gasteiger partial charge in [-0.1, -0.05) is 26.8 Å². The van der Waals surface area contributed by atoms with Crippen molar-refractivity contribution in [1.82, 2.24) is 0 Å². The predicted octanol–water partition coefficient (Wildman–Crippen LogP) is 4.37. The molecule has 2 rings (SSSR count). The fraction of sp³-hybridized carbons (Fsp3) is 0.278. The number of halogens is 3. The predicted molar refractivity (Wildman–Crippen MR) is 98.5 cm³/mol. The molecule has 0 radical (unpaired) electrons. The number of carbonyl (C=O) groups excluding carboxylic acids is 1. The van der Waals surface area contributed by atoms with Crippen molar-refractivity contribution < 1.29 is 31.1 Å². The smallest absolute Gasteiger partial charge is 0.406 e. The topological polar surface area (TPSA) is 84.5 Å². The van der Waals surface area contributed by atoms with Gasteiger partial charge in [-0.25, -0.2) is 8.42 Å². The summed E-state index contributed by atoms with van der Waals surface area (Å²) in [5.41, 5.74) is -0.0492. The molecule has 0 unspecified atom stereocenters. The highest BCUT2D eigenvalue weighted by Gasteiger charge is 2.31. The maximum absolute atomic E-state index is 12.4. The number of alkyl halides is 3. The molecule has 0 saturated carbocycles. The average molecular weight is 416 g/mol. The molecule has 6 nitrogen and oxygen atoms in total. The summed E-state index contributed by atoms with van der Waals surface area (Å²) >= 11 is 0. The second-order valence-corrected chi connectivity index (χ2v) is 8.59. The molecule has 0 atom stereocenters. The molecule has 2 aromatic rings. The summed E-state index contributed by atoms with van der Waals surface area (Å²) in [6.07, 6.45) is -4.86. The molecule has 0 spiro atoms. The molecule has 0 fully saturated rings. The Morgan fingerprint density at radius 1 is 0.964 bits per heavy atom. The first-order valence-electron chi connectivity index (χ1n) is 8.06. The van der Waals surface area contributed by atoms with Gasteiger partial charge in [0.05, 0.1) is 10.6 Å². The van der Waals surface area contributed by atoms with Crippen molar-refractivity contribution in [3.8, 4) is 5.75 Å². The van der Waals surface area contributed by atoms with Crippen LogP contribution in [-0.2, 0) is 14.8 Å². The summed E-state index contributed by atoms with van der Waals surface area (Å²) in [6.45, 7) is 5.21. The van der Waals surface area contributed by atoms with E-state index in [1.54, 1.807) is 32.9 Å². The maximum atomic E-state index is 12.4. The third kappa shape index (κ3) is 6.15. The van der Waals surface area contributed by atoms with E-state index in [9.17, 15) is 26.4 Å². The summed E-state index contributed by atoms with van der Waals surface area (Å²) in [7, 11) is -4.05. The number of nitrogens with one attached hydrogen (secondary N) is 2. The summed E-state index contributed by atoms with van der Waals surface area (Å²) in [6, 6.07) is 9.86. The third-order valence-corrected chi connectivity index (χ3v) is 4.82. The van der Waals surface area contributed by atoms with Crippen LogP contribution in [0, 0.1) is 5.41 Å². The second-order valence-electron chi connectivity index (χ2n) is 6.91. The number of hydrogen-bond acceptors (Lipinski definition) is 4. The zero-order chi connectivity index (χ0) is 21.2. The average Bonchev–Trinajstić information content (AvgIpc) is 2.52. The van der Waals surface area contributed by atoms with E-state index in [1.165, 1.54) is 12.1 Å². The monoisotopic (exact) mass is 416 g/mol. The fourth-order valence-corrected chi connectivity index (χ4v) is 3.06. The molecule has 10 heteroatoms. The van der Waals surface area contributed by atoms with Crippen LogP contribution in [0.2, 0.25) is 0 Å². The van der Waals surface area contributed by atoms with Crippen LogP contribution in [0.3, 0.4) is 0 Å². The van der Waals surface area contributed by atoms with Gasteiger partial charge in [-0.15, -0.1) is 13.2 Å². The summed E-state index contributed by atoms with van der Waals surface area (Å²) in [4.78, 5) is 11.8. The van der Waals surface area contributed by atoms with Gasteiger partial charge in [0.15, 0.2) is 0 Å². The van der Waals surface area contributed by atoms with E-state index in [2.05, 4.69) is 14.8 Å². The lowest BCUT2D eigenvalue weighted by molar-refractivity contribution is -0.274. The molecular weight excluding hydrogens is 397 g/mol. The highest BCUT2D eigenvalue weighted by molar-refractivity contribution is 7.92. The fourth-order valence-electron chi connectivity index (χ4n) is 2.01. The molecule has 0 aliphatic carbocycles. The van der Waals surface area contributed by atoms with Crippen LogP contribution >= 0.6 is 0 Å². The molecule has 28 heavy (non-hydrogen) atoms. The normalized spacial score (nSPS) is 12.4. The molecule has 152 valence electrons. The molecule has 2 aromatic carbocycles. The number of ether oxygens (including phenoxy) is 1. The van der Waals surface area contributed by atoms with Crippen LogP contribution in [0.5, 0.6) is 5.75 Å². The number of anilines is 2. The third-order valence-electron chi connectivity index (χ3n) is 3.42. The largest absolute Gasteiger partial charge is 0.573 e. The second kappa shape index (κ2) is 7.70. The Morgan fingerprint density at radius 2 is 1.54 bits per heavy atom. The first-order chi connectivity index (χ1) is 12.8. The van der Waals surface area contributed by atoms with E-state index in [1.807, 2.05) is 0 Å². The first-order valence-corrected chi connectivity index (χ1v) is 9.55. The molecular formula is C18H19F3N2O4S. The summed E-state index contributed by atoms with van der Waals surface area (Å²) in [5, 5.41) is 2.68. The van der Waals surface area contributed by atoms with E-state index in [-0.39, 0.29) is 16.5 Å². The van der Waals surface area contributed by atoms with Gasteiger partial charge in [-0.2, -0.15) is 0 Å². The van der Waals surface area contributed by atoms with E-state index in [0.717, 1.165) is 24.3 Å². The Labute approximate surface area is 160 Å². The Balaban J connectivity index is 2.16. The number of benzene rings is 2. The van der Waals surface area contributed by atoms with Crippen molar-refractivity contribution in [1.29, 1.82) is 0 Å². The van der Waals surface area contributed by atoms with Crippen LogP contribution in [0.4, 0.5) is 24.5 Å². The van der Waals surface area contributed by atoms with Gasteiger partial charge in [0.2, 0.25) is 5.91 Å². The zero-order valence-corrected chi connectivity index (χ0v) is 16.1. The van der Waals surface area contributed by atoms with Crippen LogP contribution in [0.1, 0.15) is 20.8 Å². The molecule has 2 N–H and O–H groups in total. The highest BCUT2D eigenvalue weighted by atomic mass is 32.2. The quantitative estimate of drug-likeness (QED) is 0.758. The van der Waals surface area contributed by atoms with E-state index in [4.69, 9.17) is 0 Å². The molecule has 1 amide bonds. The molecule has 0 saturated heterocycles. The van der Waals surface area contributed by atoms with Crippen molar-refractivity contribution in [2.24, 2.45) is 5.41 Å². The van der Waals surface area contributed by atoms with Gasteiger partial charge >= 0.3 is 6.36 Å². The molecule has 0 aliphatic heterocycles. The van der Waals surface area contributed by atoms with Gasteiger partial charge < -0.3 is 10.1 Å². The Morgan fingerprint density at radius 3 is 2.07 bits per heavy atom. The lowest BCUT2D eigenvalue weighted by Gasteiger charge is -2.18. The van der Waals surface area contributed by atoms with E-state index in [0.29, 0.717) is 5.69 Å². The zero-order valence-electron chi connectivity index (χ0n) is 15.3. The van der Waals surface area contributed by atoms with Crippen molar-refractivity contribution in [2.75, 3.05) is 10.0 Å². The Kier molecular flexibility index (Phi) is 5.93. The van der Waals surface area contributed by atoms with Gasteiger partial charge in [-0.05, 0) is 42.5 Å². The highest BCUT2D eigenvalue weighted by Crippen LogP contribution is 2.25. The molecule has 0 heterocycles. The lowest BCUT2D eigenvalue weighted by atomic mass is 9.95. The standard InChI is InChI=1S/C18H19F3N2O4S/c1-17(2,3)16(24)22-12-5-4-6-13(11-12)23-28(25,26)15-9-7-14(8-10-15)27-18(19,20)21/h4-11,23H,1-3H3,(H,22,24). The lowest BCUT2D eigenvalue weighted by Crippen LogP contribution is -2.27. The SMILES string of the molecule is CC(C)(C)C(=O)Nc1cccc(NS(=O)(=O)c2ccc(OC(F)(F)F)cc2)c1. The van der Waals surface area contributed by atoms with Crippen molar-refractivity contribution in [3.05, 3.63) is 48.5 Å². The minimum absolute atomic E-state index is 0.183. The first kappa shape index (κ1) is 21.5. The summed E-state index contributed by atoms with van der Waals surface area (Å²) < 4.78 is 67.4. The Bertz CT molecular complexity index is 950. The number of amides is 1. The van der Waals surface area contributed by atoms with Crippen LogP contribution in [0.15, 0.2) is 53.4 Å². The van der Waals surface area contributed by atoms with Gasteiger partial charge in [0.1, 0.15) is 5.75 Å². The van der Waals surface area contributed by atoms with Crippen LogP contribution < -0.4 is 14.8 Å². The van der Waals surface area contributed by atoms with Crippen molar-refractivity contribution in [3.63, 3.8) is 0 Å². The van der Waals surface area contributed by atoms with Crippen LogP contribution in [0.25, 0.3) is 0 Å². The van der Waals surface area contributed by atoms with Gasteiger partial charge in [0.25, 0.3) is 10.0 Å². The number of rotatable bonds is 5. The van der Waals surface area contributed by atoms with E-state index < -0.39 is 27.6 Å². The van der Waals surface area contributed by atoms with Gasteiger partial charge in [-0.3, -0.25) is 9.52 Å². The van der Waals surface area contributed by atoms with E-state index >= 15 is 0 Å².